The SMILES string of the molecule is Cc1ccc(-c2cc(C(=O)ON3C(=O)c4ccccc4C3=O)on2)cc1. The second-order valence-corrected chi connectivity index (χ2v) is 5.77. The Labute approximate surface area is 147 Å². The molecule has 0 fully saturated rings. The van der Waals surface area contributed by atoms with E-state index in [1.54, 1.807) is 12.1 Å². The van der Waals surface area contributed by atoms with Crippen molar-refractivity contribution in [1.82, 2.24) is 10.2 Å². The Hall–Kier alpha value is -3.74. The van der Waals surface area contributed by atoms with Gasteiger partial charge in [-0.15, -0.1) is 0 Å². The van der Waals surface area contributed by atoms with Gasteiger partial charge < -0.3 is 9.36 Å². The van der Waals surface area contributed by atoms with E-state index in [1.165, 1.54) is 18.2 Å². The summed E-state index contributed by atoms with van der Waals surface area (Å²) in [6, 6.07) is 15.1. The van der Waals surface area contributed by atoms with Crippen molar-refractivity contribution in [2.24, 2.45) is 0 Å². The van der Waals surface area contributed by atoms with Gasteiger partial charge in [-0.25, -0.2) is 4.79 Å². The van der Waals surface area contributed by atoms with Crippen molar-refractivity contribution in [3.63, 3.8) is 0 Å². The molecule has 128 valence electrons. The van der Waals surface area contributed by atoms with Crippen molar-refractivity contribution < 1.29 is 23.7 Å². The van der Waals surface area contributed by atoms with E-state index in [0.29, 0.717) is 10.8 Å². The largest absolute Gasteiger partial charge is 0.401 e. The van der Waals surface area contributed by atoms with E-state index in [1.807, 2.05) is 31.2 Å². The number of benzene rings is 2. The van der Waals surface area contributed by atoms with Gasteiger partial charge >= 0.3 is 5.97 Å². The molecule has 0 atom stereocenters. The Morgan fingerprint density at radius 3 is 2.23 bits per heavy atom. The van der Waals surface area contributed by atoms with Crippen LogP contribution in [0, 0.1) is 6.92 Å². The van der Waals surface area contributed by atoms with Gasteiger partial charge in [-0.3, -0.25) is 9.59 Å². The maximum Gasteiger partial charge on any atom is 0.401 e. The van der Waals surface area contributed by atoms with Crippen LogP contribution in [-0.2, 0) is 4.84 Å². The van der Waals surface area contributed by atoms with E-state index in [9.17, 15) is 14.4 Å². The molecule has 1 aliphatic rings. The van der Waals surface area contributed by atoms with E-state index in [-0.39, 0.29) is 16.9 Å². The zero-order valence-electron chi connectivity index (χ0n) is 13.6. The fraction of sp³-hybridized carbons (Fsp3) is 0.0526. The highest BCUT2D eigenvalue weighted by atomic mass is 16.7. The van der Waals surface area contributed by atoms with E-state index < -0.39 is 17.8 Å². The molecule has 2 aromatic carbocycles. The van der Waals surface area contributed by atoms with E-state index in [2.05, 4.69) is 5.16 Å². The number of rotatable bonds is 3. The van der Waals surface area contributed by atoms with Gasteiger partial charge in [-0.1, -0.05) is 52.2 Å². The predicted octanol–water partition coefficient (Wildman–Crippen LogP) is 3.02. The van der Waals surface area contributed by atoms with Crippen molar-refractivity contribution in [2.75, 3.05) is 0 Å². The highest BCUT2D eigenvalue weighted by Crippen LogP contribution is 2.24. The molecule has 1 aromatic heterocycles. The summed E-state index contributed by atoms with van der Waals surface area (Å²) in [6.45, 7) is 1.96. The van der Waals surface area contributed by atoms with Crippen LogP contribution in [0.2, 0.25) is 0 Å². The Balaban J connectivity index is 1.54. The summed E-state index contributed by atoms with van der Waals surface area (Å²) in [5.41, 5.74) is 2.66. The van der Waals surface area contributed by atoms with Crippen LogP contribution in [0.4, 0.5) is 0 Å². The van der Waals surface area contributed by atoms with E-state index >= 15 is 0 Å². The Morgan fingerprint density at radius 2 is 1.62 bits per heavy atom. The fourth-order valence-electron chi connectivity index (χ4n) is 2.61. The number of carbonyl (C=O) groups is 3. The lowest BCUT2D eigenvalue weighted by atomic mass is 10.1. The molecule has 0 N–H and O–H groups in total. The van der Waals surface area contributed by atoms with Crippen LogP contribution in [0.25, 0.3) is 11.3 Å². The van der Waals surface area contributed by atoms with Crippen molar-refractivity contribution in [3.8, 4) is 11.3 Å². The number of imide groups is 1. The fourth-order valence-corrected chi connectivity index (χ4v) is 2.61. The van der Waals surface area contributed by atoms with Gasteiger partial charge in [-0.2, -0.15) is 0 Å². The molecule has 7 heteroatoms. The molecular weight excluding hydrogens is 336 g/mol. The maximum atomic E-state index is 12.2. The molecule has 0 radical (unpaired) electrons. The molecule has 3 aromatic rings. The van der Waals surface area contributed by atoms with Crippen molar-refractivity contribution in [1.29, 1.82) is 0 Å². The molecule has 0 unspecified atom stereocenters. The molecule has 7 nitrogen and oxygen atoms in total. The van der Waals surface area contributed by atoms with Gasteiger partial charge in [0.2, 0.25) is 5.76 Å². The van der Waals surface area contributed by atoms with Gasteiger partial charge in [0.05, 0.1) is 11.1 Å². The van der Waals surface area contributed by atoms with Crippen LogP contribution < -0.4 is 0 Å². The van der Waals surface area contributed by atoms with Gasteiger partial charge in [0, 0.05) is 11.6 Å². The summed E-state index contributed by atoms with van der Waals surface area (Å²) in [5.74, 6) is -2.59. The zero-order chi connectivity index (χ0) is 18.3. The molecule has 1 aliphatic heterocycles. The summed E-state index contributed by atoms with van der Waals surface area (Å²) in [6.07, 6.45) is 0. The first-order valence-corrected chi connectivity index (χ1v) is 7.78. The summed E-state index contributed by atoms with van der Waals surface area (Å²) >= 11 is 0. The zero-order valence-corrected chi connectivity index (χ0v) is 13.6. The second-order valence-electron chi connectivity index (χ2n) is 5.77. The number of hydroxylamine groups is 2. The highest BCUT2D eigenvalue weighted by Gasteiger charge is 2.39. The van der Waals surface area contributed by atoms with Crippen molar-refractivity contribution in [3.05, 3.63) is 77.0 Å². The summed E-state index contributed by atoms with van der Waals surface area (Å²) in [5, 5.41) is 4.26. The molecule has 0 saturated carbocycles. The number of fused-ring (bicyclic) bond motifs is 1. The smallest absolute Gasteiger partial charge is 0.348 e. The number of aromatic nitrogens is 1. The minimum Gasteiger partial charge on any atom is -0.348 e. The summed E-state index contributed by atoms with van der Waals surface area (Å²) in [4.78, 5) is 41.6. The molecule has 0 aliphatic carbocycles. The van der Waals surface area contributed by atoms with Gasteiger partial charge in [0.1, 0.15) is 5.69 Å². The van der Waals surface area contributed by atoms with Crippen LogP contribution in [-0.4, -0.2) is 28.0 Å². The molecule has 2 amide bonds. The topological polar surface area (TPSA) is 89.7 Å². The summed E-state index contributed by atoms with van der Waals surface area (Å²) < 4.78 is 5.00. The first-order chi connectivity index (χ1) is 12.5. The molecule has 0 bridgehead atoms. The van der Waals surface area contributed by atoms with Crippen LogP contribution in [0.15, 0.2) is 59.1 Å². The van der Waals surface area contributed by atoms with E-state index in [4.69, 9.17) is 9.36 Å². The van der Waals surface area contributed by atoms with Crippen LogP contribution >= 0.6 is 0 Å². The van der Waals surface area contributed by atoms with Crippen molar-refractivity contribution in [2.45, 2.75) is 6.92 Å². The number of amides is 2. The Kier molecular flexibility index (Phi) is 3.62. The number of aryl methyl sites for hydroxylation is 1. The second kappa shape index (κ2) is 5.96. The minimum absolute atomic E-state index is 0.184. The Morgan fingerprint density at radius 1 is 1.00 bits per heavy atom. The third-order valence-corrected chi connectivity index (χ3v) is 3.99. The van der Waals surface area contributed by atoms with Crippen LogP contribution in [0.3, 0.4) is 0 Å². The lowest BCUT2D eigenvalue weighted by Gasteiger charge is -2.10. The highest BCUT2D eigenvalue weighted by molar-refractivity contribution is 6.21. The van der Waals surface area contributed by atoms with Crippen LogP contribution in [0.1, 0.15) is 36.8 Å². The average Bonchev–Trinajstić information content (AvgIpc) is 3.23. The molecule has 4 rings (SSSR count). The van der Waals surface area contributed by atoms with Gasteiger partial charge in [-0.05, 0) is 19.1 Å². The van der Waals surface area contributed by atoms with Crippen molar-refractivity contribution >= 4 is 17.8 Å². The molecule has 26 heavy (non-hydrogen) atoms. The standard InChI is InChI=1S/C19H12N2O5/c1-11-6-8-12(9-7-11)15-10-16(25-20-15)19(24)26-21-17(22)13-4-2-3-5-14(13)18(21)23/h2-10H,1H3. The number of hydrogen-bond acceptors (Lipinski definition) is 6. The number of hydrogen-bond donors (Lipinski definition) is 0. The predicted molar refractivity (Wildman–Crippen MR) is 89.0 cm³/mol. The van der Waals surface area contributed by atoms with E-state index in [0.717, 1.165) is 11.1 Å². The molecule has 0 spiro atoms. The lowest BCUT2D eigenvalue weighted by Crippen LogP contribution is -2.32. The molecular formula is C19H12N2O5. The van der Waals surface area contributed by atoms with Gasteiger partial charge in [0.25, 0.3) is 11.8 Å². The Bertz CT molecular complexity index is 1000. The third kappa shape index (κ3) is 2.55. The van der Waals surface area contributed by atoms with Crippen LogP contribution in [0.5, 0.6) is 0 Å². The average molecular weight is 348 g/mol. The third-order valence-electron chi connectivity index (χ3n) is 3.99. The normalized spacial score (nSPS) is 13.0. The molecule has 2 heterocycles. The maximum absolute atomic E-state index is 12.2. The first-order valence-electron chi connectivity index (χ1n) is 7.78. The monoisotopic (exact) mass is 348 g/mol. The minimum atomic E-state index is -0.981. The molecule has 0 saturated heterocycles. The number of carbonyl (C=O) groups excluding carboxylic acids is 3. The first kappa shape index (κ1) is 15.8. The number of nitrogens with zero attached hydrogens (tertiary/aromatic N) is 2. The lowest BCUT2D eigenvalue weighted by molar-refractivity contribution is -0.0607. The van der Waals surface area contributed by atoms with Gasteiger partial charge in [0.15, 0.2) is 0 Å². The quantitative estimate of drug-likeness (QED) is 0.676. The summed E-state index contributed by atoms with van der Waals surface area (Å²) in [7, 11) is 0.